The topological polar surface area (TPSA) is 347 Å². The van der Waals surface area contributed by atoms with Crippen LogP contribution in [0.1, 0.15) is 310 Å². The lowest BCUT2D eigenvalue weighted by molar-refractivity contribution is -0.298. The quantitative estimate of drug-likeness (QED) is 0.0153. The van der Waals surface area contributed by atoms with Gasteiger partial charge in [-0.2, -0.15) is 0 Å². The van der Waals surface area contributed by atoms with Crippen LogP contribution < -0.4 is 10.6 Å². The maximum Gasteiger partial charge on any atom is 0.472 e. The zero-order valence-corrected chi connectivity index (χ0v) is 57.5. The summed E-state index contributed by atoms with van der Waals surface area (Å²) in [4.78, 5) is 75.5. The summed E-state index contributed by atoms with van der Waals surface area (Å²) in [5, 5.41) is 83.4. The Balaban J connectivity index is 2.43. The summed E-state index contributed by atoms with van der Waals surface area (Å²) in [5.74, 6) is -3.62. The minimum absolute atomic E-state index is 0.246. The van der Waals surface area contributed by atoms with Gasteiger partial charge < -0.3 is 79.9 Å². The molecule has 0 aromatic heterocycles. The Bertz CT molecular complexity index is 1890. The fourth-order valence-electron chi connectivity index (χ4n) is 12.1. The molecular weight excluding hydrogens is 1200 g/mol. The number of unbranched alkanes of at least 4 members (excludes halogenated alkanes) is 32. The Morgan fingerprint density at radius 3 is 1.00 bits per heavy atom. The predicted molar refractivity (Wildman–Crippen MR) is 349 cm³/mol. The summed E-state index contributed by atoms with van der Waals surface area (Å²) < 4.78 is 47.5. The second-order valence-electron chi connectivity index (χ2n) is 26.2. The fraction of sp³-hybridized carbons (Fsp3) is 0.941. The molecular formula is C68H129N2O20P. The molecule has 22 nitrogen and oxygen atoms in total. The van der Waals surface area contributed by atoms with Crippen LogP contribution in [0.15, 0.2) is 0 Å². The molecule has 2 aliphatic heterocycles. The number of phosphoric ester groups is 1. The first kappa shape index (κ1) is 84.7. The van der Waals surface area contributed by atoms with Crippen LogP contribution in [0.25, 0.3) is 0 Å². The van der Waals surface area contributed by atoms with Crippen LogP contribution in [0, 0.1) is 0 Å². The molecule has 536 valence electrons. The van der Waals surface area contributed by atoms with E-state index in [1.807, 2.05) is 0 Å². The number of rotatable bonds is 58. The largest absolute Gasteiger partial charge is 0.472 e. The van der Waals surface area contributed by atoms with Gasteiger partial charge in [-0.05, 0) is 25.7 Å². The molecule has 0 aromatic carbocycles. The van der Waals surface area contributed by atoms with E-state index >= 15 is 0 Å². The smallest absolute Gasteiger partial charge is 0.457 e. The highest BCUT2D eigenvalue weighted by Gasteiger charge is 2.53. The second kappa shape index (κ2) is 52.7. The molecule has 23 heteroatoms. The highest BCUT2D eigenvalue weighted by Crippen LogP contribution is 2.41. The van der Waals surface area contributed by atoms with Crippen LogP contribution in [0.3, 0.4) is 0 Å². The Hall–Kier alpha value is -2.41. The van der Waals surface area contributed by atoms with E-state index in [1.165, 1.54) is 70.6 Å². The molecule has 0 radical (unpaired) electrons. The Morgan fingerprint density at radius 1 is 0.418 bits per heavy atom. The second-order valence-corrected chi connectivity index (χ2v) is 27.4. The first-order valence-corrected chi connectivity index (χ1v) is 37.6. The Labute approximate surface area is 546 Å². The van der Waals surface area contributed by atoms with Crippen molar-refractivity contribution in [2.45, 2.75) is 396 Å². The average molecular weight is 1330 g/mol. The van der Waals surface area contributed by atoms with Gasteiger partial charge in [0.15, 0.2) is 24.8 Å². The minimum Gasteiger partial charge on any atom is -0.457 e. The van der Waals surface area contributed by atoms with E-state index in [4.69, 9.17) is 28.2 Å². The van der Waals surface area contributed by atoms with Crippen molar-refractivity contribution in [2.75, 3.05) is 13.2 Å². The monoisotopic (exact) mass is 1320 g/mol. The molecule has 2 heterocycles. The number of amides is 2. The summed E-state index contributed by atoms with van der Waals surface area (Å²) >= 11 is 0. The maximum absolute atomic E-state index is 13.9. The zero-order chi connectivity index (χ0) is 67.1. The van der Waals surface area contributed by atoms with Gasteiger partial charge in [0.25, 0.3) is 0 Å². The standard InChI is InChI=1S/C68H129N2O20P/c1-5-9-13-17-21-25-29-33-37-41-51(72)45-57(76)69-61-65(88-59(78)47-53(74)43-39-35-31-27-23-19-15-11-7-3)63(80)55(49-71)86-67(61)85-50-56-64(81)66(89-60(79)48-54(75)44-40-36-32-28-24-20-16-12-8-4)62(68(87-56)90-91(82,83)84)70-58(77)46-52(73)42-38-34-30-26-22-18-14-10-6-2/h51-56,61-68,71-75,80-81H,5-50H2,1-4H3,(H,69,76)(H,70,77)(H2,82,83,84)/t51-,52-,53-,54-,55-,56-,61-,62-,63-,64-,65-,66-,67-,68+/m1/s1. The average Bonchev–Trinajstić information content (AvgIpc) is 1.02. The first-order valence-electron chi connectivity index (χ1n) is 36.1. The van der Waals surface area contributed by atoms with Crippen molar-refractivity contribution >= 4 is 31.6 Å². The zero-order valence-electron chi connectivity index (χ0n) is 56.6. The molecule has 2 rings (SSSR count). The third-order valence-corrected chi connectivity index (χ3v) is 18.1. The van der Waals surface area contributed by atoms with Crippen LogP contribution in [-0.4, -0.2) is 168 Å². The molecule has 11 N–H and O–H groups in total. The molecule has 2 amide bonds. The summed E-state index contributed by atoms with van der Waals surface area (Å²) in [6.45, 7) is 6.95. The Morgan fingerprint density at radius 2 is 0.692 bits per heavy atom. The molecule has 0 unspecified atom stereocenters. The van der Waals surface area contributed by atoms with Crippen molar-refractivity contribution in [3.05, 3.63) is 0 Å². The van der Waals surface area contributed by atoms with Gasteiger partial charge in [-0.1, -0.05) is 259 Å². The molecule has 2 saturated heterocycles. The van der Waals surface area contributed by atoms with Gasteiger partial charge in [0.05, 0.1) is 63.3 Å². The normalized spacial score (nSPS) is 23.3. The van der Waals surface area contributed by atoms with Gasteiger partial charge in [-0.3, -0.25) is 23.7 Å². The highest BCUT2D eigenvalue weighted by molar-refractivity contribution is 7.46. The lowest BCUT2D eigenvalue weighted by atomic mass is 9.95. The SMILES string of the molecule is CCCCCCCCCCC[C@@H](O)CC(=O)N[C@H]1[C@H](OC[C@H]2O[C@@H](OP(=O)(O)O)[C@H](NC(=O)C[C@H](O)CCCCCCCCCCC)[C@@H](OC(=O)C[C@H](O)CCCCCCCCCCC)[C@@H]2O)O[C@H](CO)[C@@H](O)[C@@H]1OC(=O)C[C@H](O)CCCCCCCCCCC. The lowest BCUT2D eigenvalue weighted by Gasteiger charge is -2.46. The van der Waals surface area contributed by atoms with Crippen molar-refractivity contribution in [3.8, 4) is 0 Å². The summed E-state index contributed by atoms with van der Waals surface area (Å²) in [6, 6.07) is -3.44. The number of phosphoric acid groups is 1. The predicted octanol–water partition coefficient (Wildman–Crippen LogP) is 10.8. The van der Waals surface area contributed by atoms with E-state index in [1.54, 1.807) is 0 Å². The van der Waals surface area contributed by atoms with E-state index in [9.17, 15) is 69.3 Å². The van der Waals surface area contributed by atoms with Crippen molar-refractivity contribution in [2.24, 2.45) is 0 Å². The van der Waals surface area contributed by atoms with E-state index in [2.05, 4.69) is 38.3 Å². The van der Waals surface area contributed by atoms with Crippen molar-refractivity contribution < 1.29 is 97.5 Å². The third kappa shape index (κ3) is 40.7. The lowest BCUT2D eigenvalue weighted by Crippen LogP contribution is -2.67. The van der Waals surface area contributed by atoms with Crippen LogP contribution in [0.4, 0.5) is 0 Å². The van der Waals surface area contributed by atoms with E-state index in [-0.39, 0.29) is 12.8 Å². The number of aliphatic hydroxyl groups is 7. The van der Waals surface area contributed by atoms with Gasteiger partial charge in [0.2, 0.25) is 11.8 Å². The van der Waals surface area contributed by atoms with Crippen LogP contribution in [0.5, 0.6) is 0 Å². The number of carbonyl (C=O) groups excluding carboxylic acids is 4. The number of hydrogen-bond acceptors (Lipinski definition) is 18. The molecule has 2 fully saturated rings. The number of esters is 2. The highest BCUT2D eigenvalue weighted by atomic mass is 31.2. The molecule has 0 bridgehead atoms. The van der Waals surface area contributed by atoms with Crippen LogP contribution in [0.2, 0.25) is 0 Å². The number of aliphatic hydroxyl groups excluding tert-OH is 7. The third-order valence-electron chi connectivity index (χ3n) is 17.6. The van der Waals surface area contributed by atoms with E-state index in [0.29, 0.717) is 38.5 Å². The van der Waals surface area contributed by atoms with Crippen molar-refractivity contribution in [1.29, 1.82) is 0 Å². The van der Waals surface area contributed by atoms with Crippen LogP contribution in [-0.2, 0) is 52.0 Å². The van der Waals surface area contributed by atoms with Gasteiger partial charge in [-0.15, -0.1) is 0 Å². The number of nitrogens with one attached hydrogen (secondary N) is 2. The molecule has 14 atom stereocenters. The molecule has 0 aromatic rings. The van der Waals surface area contributed by atoms with Crippen molar-refractivity contribution in [3.63, 3.8) is 0 Å². The molecule has 0 spiro atoms. The van der Waals surface area contributed by atoms with Gasteiger partial charge in [0.1, 0.15) is 36.5 Å². The Kier molecular flexibility index (Phi) is 49.1. The number of ether oxygens (including phenoxy) is 5. The van der Waals surface area contributed by atoms with Gasteiger partial charge >= 0.3 is 19.8 Å². The van der Waals surface area contributed by atoms with Crippen molar-refractivity contribution in [1.82, 2.24) is 10.6 Å². The van der Waals surface area contributed by atoms with E-state index < -0.39 is 156 Å². The molecule has 2 aliphatic rings. The molecule has 0 saturated carbocycles. The summed E-state index contributed by atoms with van der Waals surface area (Å²) in [6.07, 6.45) is 17.3. The van der Waals surface area contributed by atoms with Gasteiger partial charge in [-0.25, -0.2) is 4.57 Å². The molecule has 0 aliphatic carbocycles. The maximum atomic E-state index is 13.9. The van der Waals surface area contributed by atoms with E-state index in [0.717, 1.165) is 135 Å². The first-order chi connectivity index (χ1) is 43.8. The van der Waals surface area contributed by atoms with Crippen LogP contribution >= 0.6 is 7.82 Å². The summed E-state index contributed by atoms with van der Waals surface area (Å²) in [5.41, 5.74) is 0. The number of carbonyl (C=O) groups is 4. The summed E-state index contributed by atoms with van der Waals surface area (Å²) in [7, 11) is -5.54. The fourth-order valence-corrected chi connectivity index (χ4v) is 12.6. The molecule has 91 heavy (non-hydrogen) atoms. The number of hydrogen-bond donors (Lipinski definition) is 11. The minimum atomic E-state index is -5.54. The van der Waals surface area contributed by atoms with Gasteiger partial charge in [0, 0.05) is 0 Å².